The van der Waals surface area contributed by atoms with Gasteiger partial charge in [0.15, 0.2) is 5.65 Å². The standard InChI is InChI=1S/C23H30N8O/c1-17-15-19(3-4-20(17)29-13-11-28(2)12-14-29)25-23(32)18-7-9-30(10-8-18)22-6-5-21-26-24-16-31(21)27-22/h3-6,15-16,18H,7-14H2,1-2H3,(H,25,32). The number of hydrogen-bond acceptors (Lipinski definition) is 7. The summed E-state index contributed by atoms with van der Waals surface area (Å²) in [7, 11) is 2.17. The molecule has 5 rings (SSSR count). The van der Waals surface area contributed by atoms with Crippen LogP contribution in [0.4, 0.5) is 17.2 Å². The Morgan fingerprint density at radius 2 is 1.78 bits per heavy atom. The molecular weight excluding hydrogens is 404 g/mol. The Bertz CT molecular complexity index is 1100. The number of rotatable bonds is 4. The van der Waals surface area contributed by atoms with E-state index in [1.54, 1.807) is 10.8 Å². The van der Waals surface area contributed by atoms with E-state index in [9.17, 15) is 4.79 Å². The smallest absolute Gasteiger partial charge is 0.227 e. The maximum Gasteiger partial charge on any atom is 0.227 e. The Kier molecular flexibility index (Phi) is 5.65. The fraction of sp³-hybridized carbons (Fsp3) is 0.478. The van der Waals surface area contributed by atoms with E-state index in [4.69, 9.17) is 0 Å². The highest BCUT2D eigenvalue weighted by molar-refractivity contribution is 5.93. The molecule has 3 aromatic rings. The minimum absolute atomic E-state index is 0.0162. The van der Waals surface area contributed by atoms with E-state index in [2.05, 4.69) is 61.4 Å². The second-order valence-electron chi connectivity index (χ2n) is 8.87. The summed E-state index contributed by atoms with van der Waals surface area (Å²) >= 11 is 0. The quantitative estimate of drug-likeness (QED) is 0.673. The third kappa shape index (κ3) is 4.25. The van der Waals surface area contributed by atoms with Gasteiger partial charge in [0.25, 0.3) is 0 Å². The molecule has 1 N–H and O–H groups in total. The number of fused-ring (bicyclic) bond motifs is 1. The lowest BCUT2D eigenvalue weighted by Crippen LogP contribution is -2.44. The number of nitrogens with zero attached hydrogens (tertiary/aromatic N) is 7. The molecule has 2 aliphatic rings. The largest absolute Gasteiger partial charge is 0.369 e. The molecule has 2 saturated heterocycles. The maximum atomic E-state index is 12.9. The van der Waals surface area contributed by atoms with Crippen LogP contribution >= 0.6 is 0 Å². The first-order valence-corrected chi connectivity index (χ1v) is 11.3. The first-order chi connectivity index (χ1) is 15.6. The van der Waals surface area contributed by atoms with Gasteiger partial charge in [-0.3, -0.25) is 4.79 Å². The molecule has 1 amide bonds. The van der Waals surface area contributed by atoms with Crippen molar-refractivity contribution in [3.8, 4) is 0 Å². The number of amides is 1. The van der Waals surface area contributed by atoms with Crippen molar-refractivity contribution in [1.29, 1.82) is 0 Å². The fourth-order valence-electron chi connectivity index (χ4n) is 4.64. The van der Waals surface area contributed by atoms with Crippen molar-refractivity contribution in [2.24, 2.45) is 5.92 Å². The Hall–Kier alpha value is -3.20. The number of carbonyl (C=O) groups is 1. The highest BCUT2D eigenvalue weighted by Gasteiger charge is 2.26. The van der Waals surface area contributed by atoms with Crippen molar-refractivity contribution in [3.05, 3.63) is 42.2 Å². The van der Waals surface area contributed by atoms with Crippen LogP contribution in [-0.2, 0) is 4.79 Å². The van der Waals surface area contributed by atoms with Gasteiger partial charge < -0.3 is 20.0 Å². The SMILES string of the molecule is Cc1cc(NC(=O)C2CCN(c3ccc4nncn4n3)CC2)ccc1N1CCN(C)CC1. The van der Waals surface area contributed by atoms with Gasteiger partial charge in [-0.25, -0.2) is 0 Å². The number of hydrogen-bond donors (Lipinski definition) is 1. The molecule has 1 aromatic carbocycles. The summed E-state index contributed by atoms with van der Waals surface area (Å²) in [6.45, 7) is 7.99. The molecule has 0 bridgehead atoms. The summed E-state index contributed by atoms with van der Waals surface area (Å²) in [6, 6.07) is 10.2. The number of benzene rings is 1. The van der Waals surface area contributed by atoms with Crippen LogP contribution in [0.5, 0.6) is 0 Å². The van der Waals surface area contributed by atoms with Crippen molar-refractivity contribution in [3.63, 3.8) is 0 Å². The number of piperazine rings is 1. The molecule has 0 atom stereocenters. The number of likely N-dealkylation sites (N-methyl/N-ethyl adjacent to an activating group) is 1. The fourth-order valence-corrected chi connectivity index (χ4v) is 4.64. The Morgan fingerprint density at radius 1 is 1.00 bits per heavy atom. The van der Waals surface area contributed by atoms with Crippen molar-refractivity contribution < 1.29 is 4.79 Å². The molecule has 4 heterocycles. The van der Waals surface area contributed by atoms with Crippen molar-refractivity contribution in [1.82, 2.24) is 24.7 Å². The van der Waals surface area contributed by atoms with E-state index in [-0.39, 0.29) is 11.8 Å². The first kappa shape index (κ1) is 20.7. The van der Waals surface area contributed by atoms with Crippen molar-refractivity contribution in [2.75, 3.05) is 61.4 Å². The predicted octanol–water partition coefficient (Wildman–Crippen LogP) is 2.04. The summed E-state index contributed by atoms with van der Waals surface area (Å²) in [5, 5.41) is 15.6. The van der Waals surface area contributed by atoms with Gasteiger partial charge in [0, 0.05) is 56.6 Å². The second-order valence-corrected chi connectivity index (χ2v) is 8.87. The Labute approximate surface area is 188 Å². The monoisotopic (exact) mass is 434 g/mol. The van der Waals surface area contributed by atoms with Gasteiger partial charge in [-0.15, -0.1) is 15.3 Å². The summed E-state index contributed by atoms with van der Waals surface area (Å²) in [5.74, 6) is 1.02. The molecule has 9 heteroatoms. The summed E-state index contributed by atoms with van der Waals surface area (Å²) in [5.41, 5.74) is 4.09. The van der Waals surface area contributed by atoms with Gasteiger partial charge in [-0.2, -0.15) is 4.52 Å². The molecule has 0 saturated carbocycles. The van der Waals surface area contributed by atoms with E-state index in [1.807, 2.05) is 18.2 Å². The Balaban J connectivity index is 1.17. The van der Waals surface area contributed by atoms with Crippen LogP contribution in [0.1, 0.15) is 18.4 Å². The number of anilines is 3. The average Bonchev–Trinajstić information content (AvgIpc) is 3.28. The lowest BCUT2D eigenvalue weighted by atomic mass is 9.95. The molecule has 0 radical (unpaired) electrons. The number of carbonyl (C=O) groups excluding carboxylic acids is 1. The van der Waals surface area contributed by atoms with Crippen LogP contribution in [0.2, 0.25) is 0 Å². The number of aromatic nitrogens is 4. The topological polar surface area (TPSA) is 81.9 Å². The summed E-state index contributed by atoms with van der Waals surface area (Å²) in [6.07, 6.45) is 3.23. The van der Waals surface area contributed by atoms with Crippen LogP contribution in [0.15, 0.2) is 36.7 Å². The molecule has 0 aliphatic carbocycles. The molecule has 0 unspecified atom stereocenters. The number of nitrogens with one attached hydrogen (secondary N) is 1. The molecule has 0 spiro atoms. The highest BCUT2D eigenvalue weighted by Crippen LogP contribution is 2.27. The molecular formula is C23H30N8O. The van der Waals surface area contributed by atoms with Gasteiger partial charge in [0.05, 0.1) is 0 Å². The molecule has 9 nitrogen and oxygen atoms in total. The van der Waals surface area contributed by atoms with Gasteiger partial charge in [-0.1, -0.05) is 0 Å². The van der Waals surface area contributed by atoms with E-state index in [0.29, 0.717) is 0 Å². The molecule has 168 valence electrons. The van der Waals surface area contributed by atoms with Gasteiger partial charge in [-0.05, 0) is 62.7 Å². The molecule has 32 heavy (non-hydrogen) atoms. The lowest BCUT2D eigenvalue weighted by Gasteiger charge is -2.35. The zero-order valence-electron chi connectivity index (χ0n) is 18.7. The van der Waals surface area contributed by atoms with E-state index in [1.165, 1.54) is 11.3 Å². The minimum Gasteiger partial charge on any atom is -0.369 e. The minimum atomic E-state index is 0.0162. The zero-order chi connectivity index (χ0) is 22.1. The molecule has 2 aromatic heterocycles. The van der Waals surface area contributed by atoms with Gasteiger partial charge in [0.2, 0.25) is 5.91 Å². The van der Waals surface area contributed by atoms with Crippen molar-refractivity contribution in [2.45, 2.75) is 19.8 Å². The van der Waals surface area contributed by atoms with Crippen LogP contribution in [0.25, 0.3) is 5.65 Å². The van der Waals surface area contributed by atoms with Crippen LogP contribution < -0.4 is 15.1 Å². The van der Waals surface area contributed by atoms with Crippen LogP contribution in [0, 0.1) is 12.8 Å². The predicted molar refractivity (Wildman–Crippen MR) is 125 cm³/mol. The molecule has 2 aliphatic heterocycles. The lowest BCUT2D eigenvalue weighted by molar-refractivity contribution is -0.120. The second kappa shape index (κ2) is 8.74. The number of piperidine rings is 1. The summed E-state index contributed by atoms with van der Waals surface area (Å²) < 4.78 is 1.68. The highest BCUT2D eigenvalue weighted by atomic mass is 16.1. The van der Waals surface area contributed by atoms with E-state index < -0.39 is 0 Å². The first-order valence-electron chi connectivity index (χ1n) is 11.3. The number of aryl methyl sites for hydroxylation is 1. The Morgan fingerprint density at radius 3 is 2.53 bits per heavy atom. The third-order valence-electron chi connectivity index (χ3n) is 6.65. The van der Waals surface area contributed by atoms with Gasteiger partial charge >= 0.3 is 0 Å². The average molecular weight is 435 g/mol. The third-order valence-corrected chi connectivity index (χ3v) is 6.65. The molecule has 2 fully saturated rings. The van der Waals surface area contributed by atoms with Crippen LogP contribution in [0.3, 0.4) is 0 Å². The summed E-state index contributed by atoms with van der Waals surface area (Å²) in [4.78, 5) is 19.9. The van der Waals surface area contributed by atoms with Crippen LogP contribution in [-0.4, -0.2) is 76.9 Å². The van der Waals surface area contributed by atoms with Gasteiger partial charge in [0.1, 0.15) is 12.1 Å². The zero-order valence-corrected chi connectivity index (χ0v) is 18.7. The van der Waals surface area contributed by atoms with E-state index >= 15 is 0 Å². The normalized spacial score (nSPS) is 18.3. The van der Waals surface area contributed by atoms with E-state index in [0.717, 1.165) is 69.3 Å². The maximum absolute atomic E-state index is 12.9. The van der Waals surface area contributed by atoms with Crippen molar-refractivity contribution >= 4 is 28.7 Å².